The van der Waals surface area contributed by atoms with Crippen LogP contribution in [0, 0.1) is 0 Å². The summed E-state index contributed by atoms with van der Waals surface area (Å²) in [5.41, 5.74) is 1.21. The van der Waals surface area contributed by atoms with Crippen LogP contribution >= 0.6 is 0 Å². The van der Waals surface area contributed by atoms with Crippen molar-refractivity contribution in [1.82, 2.24) is 25.4 Å². The Hall–Kier alpha value is -2.45. The zero-order chi connectivity index (χ0) is 21.0. The standard InChI is InChI=1S/C22H34N6O2/c1-3-23-22(24-13-7-8-14-30-16-18-9-5-4-6-10-18)25-19-11-12-21-26-20(17-29-2)27-28(21)15-19/h4-6,9-10,19H,3,7-8,11-17H2,1-2H3,(H2,23,24,25). The van der Waals surface area contributed by atoms with Crippen LogP contribution in [0.5, 0.6) is 0 Å². The van der Waals surface area contributed by atoms with Gasteiger partial charge in [-0.05, 0) is 31.7 Å². The van der Waals surface area contributed by atoms with Crippen LogP contribution in [-0.2, 0) is 35.7 Å². The van der Waals surface area contributed by atoms with Gasteiger partial charge in [0.1, 0.15) is 12.4 Å². The Labute approximate surface area is 179 Å². The van der Waals surface area contributed by atoms with Crippen LogP contribution in [0.1, 0.15) is 43.4 Å². The SMILES string of the molecule is CCNC(=NCCCCOCc1ccccc1)NC1CCc2nc(COC)nn2C1. The molecule has 2 N–H and O–H groups in total. The molecule has 1 atom stereocenters. The normalized spacial score (nSPS) is 16.3. The molecule has 1 aliphatic rings. The van der Waals surface area contributed by atoms with Gasteiger partial charge in [-0.1, -0.05) is 30.3 Å². The summed E-state index contributed by atoms with van der Waals surface area (Å²) in [4.78, 5) is 9.26. The Morgan fingerprint density at radius 3 is 2.90 bits per heavy atom. The zero-order valence-electron chi connectivity index (χ0n) is 18.1. The average Bonchev–Trinajstić information content (AvgIpc) is 3.16. The number of aryl methyl sites for hydroxylation is 1. The van der Waals surface area contributed by atoms with Crippen molar-refractivity contribution in [3.05, 3.63) is 47.5 Å². The second-order valence-electron chi connectivity index (χ2n) is 7.45. The lowest BCUT2D eigenvalue weighted by atomic mass is 10.1. The number of rotatable bonds is 11. The van der Waals surface area contributed by atoms with Crippen molar-refractivity contribution in [2.24, 2.45) is 4.99 Å². The Balaban J connectivity index is 1.37. The monoisotopic (exact) mass is 414 g/mol. The fourth-order valence-electron chi connectivity index (χ4n) is 3.45. The molecular weight excluding hydrogens is 380 g/mol. The highest BCUT2D eigenvalue weighted by Gasteiger charge is 2.22. The lowest BCUT2D eigenvalue weighted by Crippen LogP contribution is -2.47. The van der Waals surface area contributed by atoms with Gasteiger partial charge < -0.3 is 20.1 Å². The number of hydrogen-bond donors (Lipinski definition) is 2. The first kappa shape index (κ1) is 22.2. The molecule has 30 heavy (non-hydrogen) atoms. The van der Waals surface area contributed by atoms with Crippen molar-refractivity contribution >= 4 is 5.96 Å². The molecular formula is C22H34N6O2. The molecule has 1 unspecified atom stereocenters. The fourth-order valence-corrected chi connectivity index (χ4v) is 3.45. The van der Waals surface area contributed by atoms with E-state index in [0.29, 0.717) is 19.3 Å². The van der Waals surface area contributed by atoms with Crippen molar-refractivity contribution in [1.29, 1.82) is 0 Å². The summed E-state index contributed by atoms with van der Waals surface area (Å²) in [6, 6.07) is 10.6. The van der Waals surface area contributed by atoms with Crippen molar-refractivity contribution in [2.45, 2.75) is 58.4 Å². The third kappa shape index (κ3) is 7.11. The van der Waals surface area contributed by atoms with Gasteiger partial charge in [-0.3, -0.25) is 4.99 Å². The van der Waals surface area contributed by atoms with Crippen molar-refractivity contribution in [2.75, 3.05) is 26.8 Å². The summed E-state index contributed by atoms with van der Waals surface area (Å²) in [5.74, 6) is 2.66. The highest BCUT2D eigenvalue weighted by Crippen LogP contribution is 2.13. The summed E-state index contributed by atoms with van der Waals surface area (Å²) >= 11 is 0. The number of guanidine groups is 1. The molecule has 1 aliphatic heterocycles. The highest BCUT2D eigenvalue weighted by molar-refractivity contribution is 5.80. The minimum absolute atomic E-state index is 0.293. The Kier molecular flexibility index (Phi) is 9.11. The summed E-state index contributed by atoms with van der Waals surface area (Å²) in [7, 11) is 1.67. The zero-order valence-corrected chi connectivity index (χ0v) is 18.1. The molecule has 0 radical (unpaired) electrons. The number of ether oxygens (including phenoxy) is 2. The van der Waals surface area contributed by atoms with Crippen LogP contribution in [-0.4, -0.2) is 53.6 Å². The van der Waals surface area contributed by atoms with E-state index in [9.17, 15) is 0 Å². The van der Waals surface area contributed by atoms with Gasteiger partial charge in [0, 0.05) is 39.3 Å². The van der Waals surface area contributed by atoms with E-state index in [0.717, 1.165) is 69.5 Å². The molecule has 164 valence electrons. The van der Waals surface area contributed by atoms with Gasteiger partial charge in [0.05, 0.1) is 13.2 Å². The van der Waals surface area contributed by atoms with Gasteiger partial charge in [-0.15, -0.1) is 0 Å². The van der Waals surface area contributed by atoms with Crippen LogP contribution in [0.25, 0.3) is 0 Å². The Morgan fingerprint density at radius 2 is 2.10 bits per heavy atom. The number of aliphatic imine (C=N–C) groups is 1. The maximum absolute atomic E-state index is 5.74. The van der Waals surface area contributed by atoms with Gasteiger partial charge in [-0.25, -0.2) is 9.67 Å². The topological polar surface area (TPSA) is 85.6 Å². The van der Waals surface area contributed by atoms with Crippen LogP contribution in [0.3, 0.4) is 0 Å². The van der Waals surface area contributed by atoms with E-state index in [1.54, 1.807) is 7.11 Å². The number of nitrogens with one attached hydrogen (secondary N) is 2. The predicted molar refractivity (Wildman–Crippen MR) is 117 cm³/mol. The van der Waals surface area contributed by atoms with Crippen LogP contribution in [0.15, 0.2) is 35.3 Å². The number of hydrogen-bond acceptors (Lipinski definition) is 5. The van der Waals surface area contributed by atoms with Crippen LogP contribution < -0.4 is 10.6 Å². The molecule has 2 heterocycles. The molecule has 2 aromatic rings. The molecule has 0 saturated heterocycles. The maximum atomic E-state index is 5.74. The number of aromatic nitrogens is 3. The average molecular weight is 415 g/mol. The molecule has 8 heteroatoms. The molecule has 0 amide bonds. The summed E-state index contributed by atoms with van der Waals surface area (Å²) in [5, 5.41) is 11.4. The fraction of sp³-hybridized carbons (Fsp3) is 0.591. The van der Waals surface area contributed by atoms with Gasteiger partial charge >= 0.3 is 0 Å². The van der Waals surface area contributed by atoms with E-state index in [-0.39, 0.29) is 0 Å². The van der Waals surface area contributed by atoms with Crippen molar-refractivity contribution < 1.29 is 9.47 Å². The Morgan fingerprint density at radius 1 is 1.23 bits per heavy atom. The first-order valence-electron chi connectivity index (χ1n) is 10.9. The molecule has 0 spiro atoms. The molecule has 8 nitrogen and oxygen atoms in total. The first-order chi connectivity index (χ1) is 14.8. The molecule has 0 saturated carbocycles. The number of benzene rings is 1. The van der Waals surface area contributed by atoms with E-state index in [4.69, 9.17) is 14.5 Å². The van der Waals surface area contributed by atoms with Crippen LogP contribution in [0.2, 0.25) is 0 Å². The second-order valence-corrected chi connectivity index (χ2v) is 7.45. The number of nitrogens with zero attached hydrogens (tertiary/aromatic N) is 4. The molecule has 1 aromatic heterocycles. The van der Waals surface area contributed by atoms with E-state index in [1.165, 1.54) is 5.56 Å². The van der Waals surface area contributed by atoms with Crippen molar-refractivity contribution in [3.63, 3.8) is 0 Å². The molecule has 0 bridgehead atoms. The number of fused-ring (bicyclic) bond motifs is 1. The van der Waals surface area contributed by atoms with E-state index in [1.807, 2.05) is 22.9 Å². The first-order valence-corrected chi connectivity index (χ1v) is 10.9. The number of unbranched alkanes of at least 4 members (excludes halogenated alkanes) is 1. The third-order valence-corrected chi connectivity index (χ3v) is 4.94. The smallest absolute Gasteiger partial charge is 0.191 e. The molecule has 1 aromatic carbocycles. The van der Waals surface area contributed by atoms with E-state index < -0.39 is 0 Å². The maximum Gasteiger partial charge on any atom is 0.191 e. The minimum Gasteiger partial charge on any atom is -0.377 e. The largest absolute Gasteiger partial charge is 0.377 e. The molecule has 0 aliphatic carbocycles. The summed E-state index contributed by atoms with van der Waals surface area (Å²) in [6.07, 6.45) is 3.93. The van der Waals surface area contributed by atoms with E-state index >= 15 is 0 Å². The van der Waals surface area contributed by atoms with E-state index in [2.05, 4.69) is 39.8 Å². The molecule has 0 fully saturated rings. The van der Waals surface area contributed by atoms with Crippen LogP contribution in [0.4, 0.5) is 0 Å². The summed E-state index contributed by atoms with van der Waals surface area (Å²) < 4.78 is 12.9. The quantitative estimate of drug-likeness (QED) is 0.333. The lowest BCUT2D eigenvalue weighted by molar-refractivity contribution is 0.117. The number of methoxy groups -OCH3 is 1. The lowest BCUT2D eigenvalue weighted by Gasteiger charge is -2.25. The van der Waals surface area contributed by atoms with Crippen molar-refractivity contribution in [3.8, 4) is 0 Å². The van der Waals surface area contributed by atoms with Gasteiger partial charge in [-0.2, -0.15) is 5.10 Å². The van der Waals surface area contributed by atoms with Gasteiger partial charge in [0.2, 0.25) is 0 Å². The van der Waals surface area contributed by atoms with Gasteiger partial charge in [0.25, 0.3) is 0 Å². The summed E-state index contributed by atoms with van der Waals surface area (Å²) in [6.45, 7) is 6.39. The predicted octanol–water partition coefficient (Wildman–Crippen LogP) is 2.29. The third-order valence-electron chi connectivity index (χ3n) is 4.94. The second kappa shape index (κ2) is 12.3. The van der Waals surface area contributed by atoms with Gasteiger partial charge in [0.15, 0.2) is 11.8 Å². The molecule has 3 rings (SSSR count). The minimum atomic E-state index is 0.293. The Bertz CT molecular complexity index is 777. The highest BCUT2D eigenvalue weighted by atomic mass is 16.5.